The predicted molar refractivity (Wildman–Crippen MR) is 67.0 cm³/mol. The molecule has 2 rings (SSSR count). The zero-order valence-corrected chi connectivity index (χ0v) is 10.9. The van der Waals surface area contributed by atoms with Crippen molar-refractivity contribution in [2.45, 2.75) is 6.43 Å². The van der Waals surface area contributed by atoms with Gasteiger partial charge in [-0.1, -0.05) is 11.6 Å². The van der Waals surface area contributed by atoms with Gasteiger partial charge in [-0.2, -0.15) is 4.98 Å². The van der Waals surface area contributed by atoms with Crippen LogP contribution in [-0.2, 0) is 7.05 Å². The lowest BCUT2D eigenvalue weighted by atomic mass is 10.2. The third-order valence-electron chi connectivity index (χ3n) is 2.40. The van der Waals surface area contributed by atoms with E-state index in [9.17, 15) is 18.7 Å². The average Bonchev–Trinajstić information content (AvgIpc) is 2.74. The molecular weight excluding hydrogens is 294 g/mol. The summed E-state index contributed by atoms with van der Waals surface area (Å²) in [6.07, 6.45) is -2.84. The van der Waals surface area contributed by atoms with Gasteiger partial charge in [-0.3, -0.25) is 10.1 Å². The van der Waals surface area contributed by atoms with Gasteiger partial charge in [0, 0.05) is 12.1 Å². The molecule has 0 atom stereocenters. The first-order chi connectivity index (χ1) is 9.38. The maximum atomic E-state index is 12.4. The van der Waals surface area contributed by atoms with E-state index in [2.05, 4.69) is 15.4 Å². The Balaban J connectivity index is 2.25. The summed E-state index contributed by atoms with van der Waals surface area (Å²) in [6.45, 7) is 0. The van der Waals surface area contributed by atoms with Gasteiger partial charge in [0.25, 0.3) is 12.3 Å². The number of phenols is 1. The van der Waals surface area contributed by atoms with Crippen molar-refractivity contribution in [1.29, 1.82) is 0 Å². The lowest BCUT2D eigenvalue weighted by Crippen LogP contribution is -2.15. The summed E-state index contributed by atoms with van der Waals surface area (Å²) in [5, 5.41) is 15.5. The highest BCUT2D eigenvalue weighted by Gasteiger charge is 2.19. The largest absolute Gasteiger partial charge is 0.507 e. The fourth-order valence-electron chi connectivity index (χ4n) is 1.46. The number of hydrogen-bond donors (Lipinski definition) is 2. The van der Waals surface area contributed by atoms with Crippen molar-refractivity contribution in [2.24, 2.45) is 7.05 Å². The molecular formula is C11H9ClF2N4O2. The lowest BCUT2D eigenvalue weighted by molar-refractivity contribution is 0.102. The Labute approximate surface area is 117 Å². The molecule has 0 spiro atoms. The summed E-state index contributed by atoms with van der Waals surface area (Å²) in [5.74, 6) is -1.88. The molecule has 0 unspecified atom stereocenters. The highest BCUT2D eigenvalue weighted by molar-refractivity contribution is 6.31. The van der Waals surface area contributed by atoms with Crippen LogP contribution in [0.25, 0.3) is 0 Å². The summed E-state index contributed by atoms with van der Waals surface area (Å²) >= 11 is 5.72. The number of phenolic OH excluding ortho intramolecular Hbond substituents is 1. The molecule has 0 saturated carbocycles. The number of aromatic hydroxyl groups is 1. The van der Waals surface area contributed by atoms with E-state index < -0.39 is 18.2 Å². The average molecular weight is 303 g/mol. The molecule has 0 aliphatic carbocycles. The number of anilines is 1. The molecule has 1 amide bonds. The topological polar surface area (TPSA) is 80.0 Å². The number of carbonyl (C=O) groups is 1. The van der Waals surface area contributed by atoms with Crippen LogP contribution in [0, 0.1) is 0 Å². The van der Waals surface area contributed by atoms with Gasteiger partial charge in [0.1, 0.15) is 5.75 Å². The molecule has 6 nitrogen and oxygen atoms in total. The zero-order chi connectivity index (χ0) is 14.9. The van der Waals surface area contributed by atoms with Crippen LogP contribution in [0.3, 0.4) is 0 Å². The highest BCUT2D eigenvalue weighted by Crippen LogP contribution is 2.23. The van der Waals surface area contributed by atoms with Crippen molar-refractivity contribution in [3.63, 3.8) is 0 Å². The minimum Gasteiger partial charge on any atom is -0.507 e. The van der Waals surface area contributed by atoms with E-state index in [1.54, 1.807) is 0 Å². The van der Waals surface area contributed by atoms with E-state index in [1.165, 1.54) is 25.2 Å². The SMILES string of the molecule is Cn1nc(C(F)F)nc1NC(=O)c1cc(Cl)ccc1O. The van der Waals surface area contributed by atoms with E-state index in [0.29, 0.717) is 0 Å². The van der Waals surface area contributed by atoms with Crippen LogP contribution in [0.4, 0.5) is 14.7 Å². The van der Waals surface area contributed by atoms with Gasteiger partial charge in [0.05, 0.1) is 5.56 Å². The predicted octanol–water partition coefficient (Wildman–Crippen LogP) is 2.36. The molecule has 1 aromatic heterocycles. The minimum absolute atomic E-state index is 0.0981. The molecule has 20 heavy (non-hydrogen) atoms. The quantitative estimate of drug-likeness (QED) is 0.912. The normalized spacial score (nSPS) is 10.8. The van der Waals surface area contributed by atoms with Crippen LogP contribution in [0.5, 0.6) is 5.75 Å². The number of rotatable bonds is 3. The molecule has 0 radical (unpaired) electrons. The van der Waals surface area contributed by atoms with Crippen molar-refractivity contribution in [3.05, 3.63) is 34.6 Å². The molecule has 0 fully saturated rings. The van der Waals surface area contributed by atoms with Gasteiger partial charge in [-0.25, -0.2) is 13.5 Å². The Morgan fingerprint density at radius 1 is 1.50 bits per heavy atom. The molecule has 0 saturated heterocycles. The zero-order valence-electron chi connectivity index (χ0n) is 10.1. The molecule has 2 N–H and O–H groups in total. The first kappa shape index (κ1) is 14.2. The van der Waals surface area contributed by atoms with Crippen molar-refractivity contribution >= 4 is 23.5 Å². The van der Waals surface area contributed by atoms with Gasteiger partial charge < -0.3 is 5.11 Å². The number of amides is 1. The van der Waals surface area contributed by atoms with E-state index >= 15 is 0 Å². The Morgan fingerprint density at radius 2 is 2.20 bits per heavy atom. The van der Waals surface area contributed by atoms with Crippen LogP contribution >= 0.6 is 11.6 Å². The second-order valence-corrected chi connectivity index (χ2v) is 4.27. The first-order valence-corrected chi connectivity index (χ1v) is 5.75. The second kappa shape index (κ2) is 5.41. The van der Waals surface area contributed by atoms with E-state index in [1.807, 2.05) is 0 Å². The fraction of sp³-hybridized carbons (Fsp3) is 0.182. The summed E-state index contributed by atoms with van der Waals surface area (Å²) in [4.78, 5) is 15.4. The summed E-state index contributed by atoms with van der Waals surface area (Å²) in [7, 11) is 1.35. The summed E-state index contributed by atoms with van der Waals surface area (Å²) in [6, 6.07) is 3.90. The van der Waals surface area contributed by atoms with Gasteiger partial charge in [-0.15, -0.1) is 5.10 Å². The van der Waals surface area contributed by atoms with E-state index in [-0.39, 0.29) is 22.3 Å². The van der Waals surface area contributed by atoms with Crippen LogP contribution in [0.2, 0.25) is 5.02 Å². The van der Waals surface area contributed by atoms with E-state index in [4.69, 9.17) is 11.6 Å². The highest BCUT2D eigenvalue weighted by atomic mass is 35.5. The maximum absolute atomic E-state index is 12.4. The standard InChI is InChI=1S/C11H9ClF2N4O2/c1-18-11(15-9(17-18)8(13)14)16-10(20)6-4-5(12)2-3-7(6)19/h2-4,8,19H,1H3,(H,15,16,17,20). The monoisotopic (exact) mass is 302 g/mol. The maximum Gasteiger partial charge on any atom is 0.299 e. The summed E-state index contributed by atoms with van der Waals surface area (Å²) in [5.41, 5.74) is -0.0981. The number of nitrogens with one attached hydrogen (secondary N) is 1. The molecule has 9 heteroatoms. The number of hydrogen-bond acceptors (Lipinski definition) is 4. The third-order valence-corrected chi connectivity index (χ3v) is 2.64. The Bertz CT molecular complexity index is 660. The molecule has 1 aromatic carbocycles. The van der Waals surface area contributed by atoms with Gasteiger partial charge >= 0.3 is 0 Å². The van der Waals surface area contributed by atoms with Crippen molar-refractivity contribution in [2.75, 3.05) is 5.32 Å². The molecule has 0 bridgehead atoms. The molecule has 2 aromatic rings. The second-order valence-electron chi connectivity index (χ2n) is 3.83. The van der Waals surface area contributed by atoms with Crippen LogP contribution in [0.15, 0.2) is 18.2 Å². The number of benzene rings is 1. The Hall–Kier alpha value is -2.22. The fourth-order valence-corrected chi connectivity index (χ4v) is 1.64. The Kier molecular flexibility index (Phi) is 3.84. The molecule has 1 heterocycles. The molecule has 106 valence electrons. The molecule has 0 aliphatic rings. The minimum atomic E-state index is -2.84. The third kappa shape index (κ3) is 2.85. The number of alkyl halides is 2. The van der Waals surface area contributed by atoms with Crippen molar-refractivity contribution < 1.29 is 18.7 Å². The summed E-state index contributed by atoms with van der Waals surface area (Å²) < 4.78 is 25.9. The first-order valence-electron chi connectivity index (χ1n) is 5.37. The van der Waals surface area contributed by atoms with Gasteiger partial charge in [0.2, 0.25) is 11.8 Å². The number of halogens is 3. The van der Waals surface area contributed by atoms with Gasteiger partial charge in [0.15, 0.2) is 0 Å². The number of nitrogens with zero attached hydrogens (tertiary/aromatic N) is 3. The lowest BCUT2D eigenvalue weighted by Gasteiger charge is -2.05. The number of aromatic nitrogens is 3. The van der Waals surface area contributed by atoms with Gasteiger partial charge in [-0.05, 0) is 18.2 Å². The number of carbonyl (C=O) groups excluding carboxylic acids is 1. The number of aryl methyl sites for hydroxylation is 1. The smallest absolute Gasteiger partial charge is 0.299 e. The van der Waals surface area contributed by atoms with E-state index in [0.717, 1.165) is 4.68 Å². The molecule has 0 aliphatic heterocycles. The Morgan fingerprint density at radius 3 is 2.80 bits per heavy atom. The van der Waals surface area contributed by atoms with Crippen molar-refractivity contribution in [3.8, 4) is 5.75 Å². The van der Waals surface area contributed by atoms with Crippen molar-refractivity contribution in [1.82, 2.24) is 14.8 Å². The van der Waals surface area contributed by atoms with Crippen LogP contribution in [0.1, 0.15) is 22.6 Å². The van der Waals surface area contributed by atoms with Crippen LogP contribution < -0.4 is 5.32 Å². The van der Waals surface area contributed by atoms with Crippen LogP contribution in [-0.4, -0.2) is 25.8 Å².